The van der Waals surface area contributed by atoms with Crippen LogP contribution in [-0.2, 0) is 4.79 Å². The van der Waals surface area contributed by atoms with Gasteiger partial charge < -0.3 is 10.1 Å². The normalized spacial score (nSPS) is 16.2. The summed E-state index contributed by atoms with van der Waals surface area (Å²) in [6.45, 7) is 0. The molecule has 3 rings (SSSR count). The van der Waals surface area contributed by atoms with E-state index < -0.39 is 18.1 Å². The number of hydrogen-bond acceptors (Lipinski definition) is 3. The highest BCUT2D eigenvalue weighted by molar-refractivity contribution is 7.80. The Kier molecular flexibility index (Phi) is 4.64. The molecule has 1 heterocycles. The average molecular weight is 382 g/mol. The molecular formula is C17H10F4N2O2S. The lowest BCUT2D eigenvalue weighted by molar-refractivity contribution is -0.274. The molecule has 0 aliphatic carbocycles. The van der Waals surface area contributed by atoms with Crippen LogP contribution in [0.1, 0.15) is 5.56 Å². The summed E-state index contributed by atoms with van der Waals surface area (Å²) in [5.74, 6) is -1.57. The van der Waals surface area contributed by atoms with Gasteiger partial charge in [-0.25, -0.2) is 9.29 Å². The summed E-state index contributed by atoms with van der Waals surface area (Å²) >= 11 is 5.07. The molecule has 26 heavy (non-hydrogen) atoms. The number of alkyl halides is 3. The molecule has 0 saturated carbocycles. The minimum absolute atomic E-state index is 0.00312. The lowest BCUT2D eigenvalue weighted by atomic mass is 10.2. The molecule has 2 aromatic rings. The molecule has 1 aliphatic rings. The maximum atomic E-state index is 13.9. The fraction of sp³-hybridized carbons (Fsp3) is 0.0588. The van der Waals surface area contributed by atoms with Crippen molar-refractivity contribution in [1.82, 2.24) is 5.32 Å². The Hall–Kier alpha value is -2.94. The first-order valence-corrected chi connectivity index (χ1v) is 7.63. The maximum absolute atomic E-state index is 13.9. The third-order valence-electron chi connectivity index (χ3n) is 3.40. The van der Waals surface area contributed by atoms with Crippen molar-refractivity contribution in [1.29, 1.82) is 0 Å². The van der Waals surface area contributed by atoms with Gasteiger partial charge in [-0.05, 0) is 48.1 Å². The number of carbonyl (C=O) groups excluding carboxylic acids is 1. The number of carbonyl (C=O) groups is 1. The maximum Gasteiger partial charge on any atom is 0.573 e. The summed E-state index contributed by atoms with van der Waals surface area (Å²) in [5, 5.41) is 2.67. The number of nitrogens with one attached hydrogen (secondary N) is 1. The van der Waals surface area contributed by atoms with E-state index in [0.29, 0.717) is 5.56 Å². The molecule has 9 heteroatoms. The van der Waals surface area contributed by atoms with E-state index in [9.17, 15) is 22.4 Å². The highest BCUT2D eigenvalue weighted by Gasteiger charge is 2.33. The molecule has 2 aromatic carbocycles. The van der Waals surface area contributed by atoms with Crippen molar-refractivity contribution >= 4 is 35.0 Å². The summed E-state index contributed by atoms with van der Waals surface area (Å²) in [4.78, 5) is 13.5. The number of para-hydroxylation sites is 1. The topological polar surface area (TPSA) is 41.6 Å². The van der Waals surface area contributed by atoms with Crippen LogP contribution in [0.5, 0.6) is 5.75 Å². The summed E-state index contributed by atoms with van der Waals surface area (Å²) < 4.78 is 54.2. The molecule has 1 saturated heterocycles. The number of amides is 1. The third-order valence-corrected chi connectivity index (χ3v) is 3.68. The van der Waals surface area contributed by atoms with Crippen molar-refractivity contribution in [2.75, 3.05) is 4.90 Å². The van der Waals surface area contributed by atoms with Gasteiger partial charge in [-0.1, -0.05) is 24.3 Å². The number of anilines is 1. The molecular weight excluding hydrogens is 372 g/mol. The van der Waals surface area contributed by atoms with Gasteiger partial charge >= 0.3 is 6.36 Å². The molecule has 1 aliphatic heterocycles. The number of rotatable bonds is 3. The van der Waals surface area contributed by atoms with Crippen LogP contribution >= 0.6 is 12.2 Å². The van der Waals surface area contributed by atoms with Crippen LogP contribution < -0.4 is 15.0 Å². The highest BCUT2D eigenvalue weighted by atomic mass is 32.1. The van der Waals surface area contributed by atoms with Crippen LogP contribution in [0.2, 0.25) is 0 Å². The van der Waals surface area contributed by atoms with Gasteiger partial charge in [0.25, 0.3) is 5.91 Å². The first kappa shape index (κ1) is 17.9. The van der Waals surface area contributed by atoms with E-state index >= 15 is 0 Å². The molecule has 1 amide bonds. The van der Waals surface area contributed by atoms with E-state index in [0.717, 1.165) is 17.0 Å². The first-order valence-electron chi connectivity index (χ1n) is 7.22. The van der Waals surface area contributed by atoms with Crippen molar-refractivity contribution < 1.29 is 27.1 Å². The minimum atomic E-state index is -4.78. The predicted octanol–water partition coefficient (Wildman–Crippen LogP) is 3.99. The molecule has 1 N–H and O–H groups in total. The van der Waals surface area contributed by atoms with Crippen molar-refractivity contribution in [3.8, 4) is 5.75 Å². The Balaban J connectivity index is 1.83. The lowest BCUT2D eigenvalue weighted by Crippen LogP contribution is -2.31. The monoisotopic (exact) mass is 382 g/mol. The quantitative estimate of drug-likeness (QED) is 0.495. The van der Waals surface area contributed by atoms with E-state index in [1.165, 1.54) is 36.4 Å². The Morgan fingerprint density at radius 1 is 1.08 bits per heavy atom. The molecule has 0 radical (unpaired) electrons. The summed E-state index contributed by atoms with van der Waals surface area (Å²) in [6.07, 6.45) is -3.39. The zero-order valence-electron chi connectivity index (χ0n) is 12.9. The molecule has 134 valence electrons. The number of ether oxygens (including phenoxy) is 1. The molecule has 0 aromatic heterocycles. The van der Waals surface area contributed by atoms with Gasteiger partial charge in [0.2, 0.25) is 0 Å². The van der Waals surface area contributed by atoms with Crippen LogP contribution in [0.25, 0.3) is 6.08 Å². The standard InChI is InChI=1S/C17H10F4N2O2S/c18-12-3-1-2-4-14(12)23-15(24)13(22-16(23)26)9-10-5-7-11(8-6-10)25-17(19,20)21/h1-9H,(H,22,26)/b13-9+. The fourth-order valence-electron chi connectivity index (χ4n) is 2.32. The van der Waals surface area contributed by atoms with Crippen molar-refractivity contribution in [2.24, 2.45) is 0 Å². The van der Waals surface area contributed by atoms with E-state index in [4.69, 9.17) is 12.2 Å². The number of thiocarbonyl (C=S) groups is 1. The fourth-order valence-corrected chi connectivity index (χ4v) is 2.61. The number of nitrogens with zero attached hydrogens (tertiary/aromatic N) is 1. The van der Waals surface area contributed by atoms with E-state index in [1.807, 2.05) is 0 Å². The van der Waals surface area contributed by atoms with Gasteiger partial charge in [-0.3, -0.25) is 4.79 Å². The molecule has 1 fully saturated rings. The second-order valence-electron chi connectivity index (χ2n) is 5.20. The molecule has 0 unspecified atom stereocenters. The highest BCUT2D eigenvalue weighted by Crippen LogP contribution is 2.26. The van der Waals surface area contributed by atoms with Crippen molar-refractivity contribution in [2.45, 2.75) is 6.36 Å². The molecule has 4 nitrogen and oxygen atoms in total. The summed E-state index contributed by atoms with van der Waals surface area (Å²) in [7, 11) is 0. The first-order chi connectivity index (χ1) is 12.2. The van der Waals surface area contributed by atoms with Crippen LogP contribution in [-0.4, -0.2) is 17.4 Å². The van der Waals surface area contributed by atoms with Crippen LogP contribution in [0.15, 0.2) is 54.2 Å². The largest absolute Gasteiger partial charge is 0.573 e. The Morgan fingerprint density at radius 3 is 2.35 bits per heavy atom. The Morgan fingerprint density at radius 2 is 1.73 bits per heavy atom. The van der Waals surface area contributed by atoms with Crippen molar-refractivity contribution in [3.05, 3.63) is 65.6 Å². The smallest absolute Gasteiger partial charge is 0.406 e. The SMILES string of the molecule is O=C1/C(=C\c2ccc(OC(F)(F)F)cc2)NC(=S)N1c1ccccc1F. The molecule has 0 bridgehead atoms. The van der Waals surface area contributed by atoms with Crippen LogP contribution in [0, 0.1) is 5.82 Å². The van der Waals surface area contributed by atoms with Crippen molar-refractivity contribution in [3.63, 3.8) is 0 Å². The second kappa shape index (κ2) is 6.75. The zero-order valence-corrected chi connectivity index (χ0v) is 13.7. The molecule has 0 atom stereocenters. The number of hydrogen-bond donors (Lipinski definition) is 1. The summed E-state index contributed by atoms with van der Waals surface area (Å²) in [6, 6.07) is 10.6. The van der Waals surface area contributed by atoms with E-state index in [1.54, 1.807) is 6.07 Å². The van der Waals surface area contributed by atoms with Gasteiger partial charge in [0.05, 0.1) is 5.69 Å². The van der Waals surface area contributed by atoms with Gasteiger partial charge in [0.1, 0.15) is 17.3 Å². The minimum Gasteiger partial charge on any atom is -0.406 e. The Labute approximate surface area is 150 Å². The summed E-state index contributed by atoms with van der Waals surface area (Å²) in [5.41, 5.74) is 0.517. The zero-order chi connectivity index (χ0) is 18.9. The number of halogens is 4. The third kappa shape index (κ3) is 3.83. The molecule has 0 spiro atoms. The van der Waals surface area contributed by atoms with Gasteiger partial charge in [0.15, 0.2) is 5.11 Å². The average Bonchev–Trinajstić information content (AvgIpc) is 2.83. The van der Waals surface area contributed by atoms with Gasteiger partial charge in [-0.2, -0.15) is 0 Å². The predicted molar refractivity (Wildman–Crippen MR) is 90.7 cm³/mol. The Bertz CT molecular complexity index is 894. The van der Waals surface area contributed by atoms with Crippen LogP contribution in [0.4, 0.5) is 23.2 Å². The lowest BCUT2D eigenvalue weighted by Gasteiger charge is -2.14. The second-order valence-corrected chi connectivity index (χ2v) is 5.58. The van der Waals surface area contributed by atoms with Gasteiger partial charge in [0, 0.05) is 0 Å². The van der Waals surface area contributed by atoms with E-state index in [2.05, 4.69) is 10.1 Å². The van der Waals surface area contributed by atoms with Crippen LogP contribution in [0.3, 0.4) is 0 Å². The number of benzene rings is 2. The van der Waals surface area contributed by atoms with Gasteiger partial charge in [-0.15, -0.1) is 13.2 Å². The van der Waals surface area contributed by atoms with E-state index in [-0.39, 0.29) is 22.2 Å².